The Labute approximate surface area is 159 Å². The normalized spacial score (nSPS) is 15.6. The zero-order valence-electron chi connectivity index (χ0n) is 14.1. The van der Waals surface area contributed by atoms with Crippen LogP contribution in [0.2, 0.25) is 0 Å². The van der Waals surface area contributed by atoms with E-state index in [1.807, 2.05) is 6.07 Å². The second-order valence-corrected chi connectivity index (χ2v) is 5.60. The maximum atomic E-state index is 13.6. The number of ether oxygens (including phenoxy) is 1. The van der Waals surface area contributed by atoms with Crippen LogP contribution in [0.25, 0.3) is 0 Å². The molecule has 0 atom stereocenters. The first-order valence-electron chi connectivity index (χ1n) is 7.92. The number of carbonyl (C=O) groups is 1. The Hall–Kier alpha value is -1.38. The molecule has 1 saturated heterocycles. The highest BCUT2D eigenvalue weighted by atomic mass is 127. The summed E-state index contributed by atoms with van der Waals surface area (Å²) in [7, 11) is 3.16. The van der Waals surface area contributed by atoms with Crippen molar-refractivity contribution in [2.75, 3.05) is 33.8 Å². The molecule has 1 aliphatic heterocycles. The maximum absolute atomic E-state index is 13.6. The Morgan fingerprint density at radius 1 is 1.38 bits per heavy atom. The number of nitrogens with one attached hydrogen (secondary N) is 1. The first-order chi connectivity index (χ1) is 11.2. The third-order valence-corrected chi connectivity index (χ3v) is 4.18. The third-order valence-electron chi connectivity index (χ3n) is 4.18. The second kappa shape index (κ2) is 10.5. The number of esters is 1. The molecule has 0 radical (unpaired) electrons. The van der Waals surface area contributed by atoms with Gasteiger partial charge in [-0.05, 0) is 30.9 Å². The SMILES string of the molecule is CN=C(NCCc1ccccc1F)N1CCC(C(=O)OC)CC1.I. The minimum Gasteiger partial charge on any atom is -0.469 e. The van der Waals surface area contributed by atoms with Gasteiger partial charge in [0.2, 0.25) is 0 Å². The number of hydrogen-bond acceptors (Lipinski definition) is 3. The molecule has 5 nitrogen and oxygen atoms in total. The minimum absolute atomic E-state index is 0. The Bertz CT molecular complexity index is 561. The molecule has 7 heteroatoms. The highest BCUT2D eigenvalue weighted by molar-refractivity contribution is 14.0. The van der Waals surface area contributed by atoms with Crippen LogP contribution < -0.4 is 5.32 Å². The summed E-state index contributed by atoms with van der Waals surface area (Å²) in [5.74, 6) is 0.466. The van der Waals surface area contributed by atoms with E-state index in [1.54, 1.807) is 19.2 Å². The van der Waals surface area contributed by atoms with Crippen LogP contribution >= 0.6 is 24.0 Å². The number of nitrogens with zero attached hydrogens (tertiary/aromatic N) is 2. The number of aliphatic imine (C=N–C) groups is 1. The summed E-state index contributed by atoms with van der Waals surface area (Å²) in [5, 5.41) is 3.27. The zero-order chi connectivity index (χ0) is 16.7. The first-order valence-corrected chi connectivity index (χ1v) is 7.92. The molecule has 0 unspecified atom stereocenters. The smallest absolute Gasteiger partial charge is 0.308 e. The number of methoxy groups -OCH3 is 1. The van der Waals surface area contributed by atoms with Gasteiger partial charge in [-0.3, -0.25) is 9.79 Å². The van der Waals surface area contributed by atoms with Crippen molar-refractivity contribution >= 4 is 35.9 Å². The lowest BCUT2D eigenvalue weighted by Gasteiger charge is -2.33. The van der Waals surface area contributed by atoms with Crippen LogP contribution in [0.4, 0.5) is 4.39 Å². The minimum atomic E-state index is -0.178. The molecule has 0 aromatic heterocycles. The van der Waals surface area contributed by atoms with Crippen molar-refractivity contribution in [2.45, 2.75) is 19.3 Å². The van der Waals surface area contributed by atoms with Crippen LogP contribution in [0.15, 0.2) is 29.3 Å². The largest absolute Gasteiger partial charge is 0.469 e. The average Bonchev–Trinajstić information content (AvgIpc) is 2.60. The fraction of sp³-hybridized carbons (Fsp3) is 0.529. The molecule has 0 aliphatic carbocycles. The molecule has 0 spiro atoms. The van der Waals surface area contributed by atoms with Gasteiger partial charge in [-0.15, -0.1) is 24.0 Å². The Morgan fingerprint density at radius 2 is 2.04 bits per heavy atom. The van der Waals surface area contributed by atoms with E-state index < -0.39 is 0 Å². The lowest BCUT2D eigenvalue weighted by molar-refractivity contribution is -0.146. The van der Waals surface area contributed by atoms with Gasteiger partial charge < -0.3 is 15.0 Å². The molecule has 1 aromatic rings. The zero-order valence-corrected chi connectivity index (χ0v) is 16.5. The fourth-order valence-corrected chi connectivity index (χ4v) is 2.84. The van der Waals surface area contributed by atoms with Crippen molar-refractivity contribution in [3.05, 3.63) is 35.6 Å². The molecule has 0 amide bonds. The molecular weight excluding hydrogens is 424 g/mol. The molecule has 1 fully saturated rings. The van der Waals surface area contributed by atoms with E-state index in [1.165, 1.54) is 13.2 Å². The van der Waals surface area contributed by atoms with Crippen LogP contribution in [0.5, 0.6) is 0 Å². The number of hydrogen-bond donors (Lipinski definition) is 1. The van der Waals surface area contributed by atoms with Gasteiger partial charge >= 0.3 is 5.97 Å². The molecule has 1 N–H and O–H groups in total. The van der Waals surface area contributed by atoms with Gasteiger partial charge in [0.1, 0.15) is 5.82 Å². The van der Waals surface area contributed by atoms with E-state index in [-0.39, 0.29) is 41.7 Å². The molecule has 2 rings (SSSR count). The summed E-state index contributed by atoms with van der Waals surface area (Å²) < 4.78 is 18.4. The average molecular weight is 449 g/mol. The summed E-state index contributed by atoms with van der Waals surface area (Å²) in [5.41, 5.74) is 0.694. The predicted molar refractivity (Wildman–Crippen MR) is 103 cm³/mol. The van der Waals surface area contributed by atoms with Crippen LogP contribution in [0.1, 0.15) is 18.4 Å². The molecule has 134 valence electrons. The number of benzene rings is 1. The third kappa shape index (κ3) is 5.61. The Balaban J connectivity index is 0.00000288. The fourth-order valence-electron chi connectivity index (χ4n) is 2.84. The maximum Gasteiger partial charge on any atom is 0.308 e. The molecule has 0 saturated carbocycles. The van der Waals surface area contributed by atoms with Gasteiger partial charge in [0.25, 0.3) is 0 Å². The highest BCUT2D eigenvalue weighted by Crippen LogP contribution is 2.18. The number of halogens is 2. The summed E-state index contributed by atoms with van der Waals surface area (Å²) >= 11 is 0. The summed E-state index contributed by atoms with van der Waals surface area (Å²) in [6, 6.07) is 6.80. The number of likely N-dealkylation sites (tertiary alicyclic amines) is 1. The van der Waals surface area contributed by atoms with E-state index in [9.17, 15) is 9.18 Å². The van der Waals surface area contributed by atoms with Crippen molar-refractivity contribution in [3.63, 3.8) is 0 Å². The van der Waals surface area contributed by atoms with Gasteiger partial charge in [0, 0.05) is 26.7 Å². The van der Waals surface area contributed by atoms with E-state index in [0.717, 1.165) is 31.9 Å². The van der Waals surface area contributed by atoms with E-state index in [2.05, 4.69) is 15.2 Å². The van der Waals surface area contributed by atoms with Crippen molar-refractivity contribution in [1.29, 1.82) is 0 Å². The molecule has 1 aliphatic rings. The van der Waals surface area contributed by atoms with Crippen molar-refractivity contribution in [2.24, 2.45) is 10.9 Å². The number of piperidine rings is 1. The van der Waals surface area contributed by atoms with Crippen LogP contribution in [-0.2, 0) is 16.0 Å². The molecule has 1 aromatic carbocycles. The lowest BCUT2D eigenvalue weighted by Crippen LogP contribution is -2.47. The Kier molecular flexibility index (Phi) is 9.02. The highest BCUT2D eigenvalue weighted by Gasteiger charge is 2.26. The first kappa shape index (κ1) is 20.7. The van der Waals surface area contributed by atoms with Gasteiger partial charge in [0.15, 0.2) is 5.96 Å². The number of rotatable bonds is 4. The van der Waals surface area contributed by atoms with E-state index in [4.69, 9.17) is 4.74 Å². The topological polar surface area (TPSA) is 53.9 Å². The molecular formula is C17H25FIN3O2. The standard InChI is InChI=1S/C17H24FN3O2.HI/c1-19-17(20-10-7-13-5-3-4-6-15(13)18)21-11-8-14(9-12-21)16(22)23-2;/h3-6,14H,7-12H2,1-2H3,(H,19,20);1H. The summed E-state index contributed by atoms with van der Waals surface area (Å²) in [4.78, 5) is 18.0. The number of guanidine groups is 1. The second-order valence-electron chi connectivity index (χ2n) is 5.60. The lowest BCUT2D eigenvalue weighted by atomic mass is 9.97. The summed E-state index contributed by atoms with van der Waals surface area (Å²) in [6.45, 7) is 2.14. The van der Waals surface area contributed by atoms with Crippen LogP contribution in [0.3, 0.4) is 0 Å². The number of carbonyl (C=O) groups excluding carboxylic acids is 1. The van der Waals surface area contributed by atoms with Gasteiger partial charge in [-0.1, -0.05) is 18.2 Å². The van der Waals surface area contributed by atoms with Crippen LogP contribution in [-0.4, -0.2) is 50.6 Å². The molecule has 0 bridgehead atoms. The van der Waals surface area contributed by atoms with Gasteiger partial charge in [-0.25, -0.2) is 4.39 Å². The van der Waals surface area contributed by atoms with E-state index >= 15 is 0 Å². The van der Waals surface area contributed by atoms with Crippen molar-refractivity contribution in [1.82, 2.24) is 10.2 Å². The molecule has 1 heterocycles. The van der Waals surface area contributed by atoms with Gasteiger partial charge in [-0.2, -0.15) is 0 Å². The van der Waals surface area contributed by atoms with Crippen molar-refractivity contribution in [3.8, 4) is 0 Å². The van der Waals surface area contributed by atoms with E-state index in [0.29, 0.717) is 18.5 Å². The quantitative estimate of drug-likeness (QED) is 0.332. The van der Waals surface area contributed by atoms with Crippen molar-refractivity contribution < 1.29 is 13.9 Å². The predicted octanol–water partition coefficient (Wildman–Crippen LogP) is 2.45. The Morgan fingerprint density at radius 3 is 2.62 bits per heavy atom. The summed E-state index contributed by atoms with van der Waals surface area (Å²) in [6.07, 6.45) is 2.13. The molecule has 24 heavy (non-hydrogen) atoms. The van der Waals surface area contributed by atoms with Gasteiger partial charge in [0.05, 0.1) is 13.0 Å². The monoisotopic (exact) mass is 449 g/mol. The van der Waals surface area contributed by atoms with Crippen LogP contribution in [0, 0.1) is 11.7 Å².